The van der Waals surface area contributed by atoms with E-state index in [1.54, 1.807) is 19.9 Å². The molecule has 35 heavy (non-hydrogen) atoms. The van der Waals surface area contributed by atoms with Crippen molar-refractivity contribution < 1.29 is 23.1 Å². The van der Waals surface area contributed by atoms with Crippen LogP contribution in [0.4, 0.5) is 0 Å². The molecular formula is C29H37O5P. The maximum atomic E-state index is 12.5. The van der Waals surface area contributed by atoms with Crippen LogP contribution in [0.15, 0.2) is 89.8 Å². The summed E-state index contributed by atoms with van der Waals surface area (Å²) in [6.07, 6.45) is 7.66. The summed E-state index contributed by atoms with van der Waals surface area (Å²) in [5.41, 5.74) is 4.74. The summed E-state index contributed by atoms with van der Waals surface area (Å²) < 4.78 is 28.7. The predicted molar refractivity (Wildman–Crippen MR) is 143 cm³/mol. The number of carbonyl (C=O) groups excluding carboxylic acids is 1. The largest absolute Gasteiger partial charge is 0.372 e. The van der Waals surface area contributed by atoms with Crippen LogP contribution in [-0.4, -0.2) is 25.6 Å². The van der Waals surface area contributed by atoms with Crippen molar-refractivity contribution in [3.8, 4) is 0 Å². The van der Waals surface area contributed by atoms with E-state index in [0.29, 0.717) is 37.6 Å². The van der Waals surface area contributed by atoms with Gasteiger partial charge in [-0.3, -0.25) is 9.36 Å². The minimum atomic E-state index is -3.15. The molecule has 0 aliphatic heterocycles. The highest BCUT2D eigenvalue weighted by Crippen LogP contribution is 2.49. The number of benzene rings is 2. The Morgan fingerprint density at radius 3 is 2.14 bits per heavy atom. The normalized spacial score (nSPS) is 12.9. The molecule has 0 bridgehead atoms. The van der Waals surface area contributed by atoms with Crippen LogP contribution < -0.4 is 0 Å². The van der Waals surface area contributed by atoms with E-state index in [0.717, 1.165) is 18.4 Å². The lowest BCUT2D eigenvalue weighted by Gasteiger charge is -2.12. The summed E-state index contributed by atoms with van der Waals surface area (Å²) >= 11 is 0. The number of hydrogen-bond acceptors (Lipinski definition) is 5. The van der Waals surface area contributed by atoms with Gasteiger partial charge in [-0.25, -0.2) is 0 Å². The second-order valence-corrected chi connectivity index (χ2v) is 10.1. The lowest BCUT2D eigenvalue weighted by Crippen LogP contribution is -2.02. The van der Waals surface area contributed by atoms with Crippen molar-refractivity contribution in [2.45, 2.75) is 47.1 Å². The molecule has 2 aromatic carbocycles. The summed E-state index contributed by atoms with van der Waals surface area (Å²) in [6.45, 7) is 9.43. The first-order valence-corrected chi connectivity index (χ1v) is 13.6. The highest BCUT2D eigenvalue weighted by atomic mass is 31.2. The van der Waals surface area contributed by atoms with Crippen LogP contribution in [-0.2, 0) is 25.0 Å². The number of ketones is 1. The molecule has 2 rings (SSSR count). The molecule has 2 aromatic rings. The molecule has 0 unspecified atom stereocenters. The molecule has 0 amide bonds. The van der Waals surface area contributed by atoms with Gasteiger partial charge in [-0.05, 0) is 46.1 Å². The zero-order valence-electron chi connectivity index (χ0n) is 21.2. The van der Waals surface area contributed by atoms with Crippen molar-refractivity contribution in [2.24, 2.45) is 0 Å². The van der Waals surface area contributed by atoms with Crippen LogP contribution in [0.5, 0.6) is 0 Å². The van der Waals surface area contributed by atoms with Gasteiger partial charge in [0.2, 0.25) is 0 Å². The summed E-state index contributed by atoms with van der Waals surface area (Å²) in [6, 6.07) is 16.9. The van der Waals surface area contributed by atoms with Gasteiger partial charge in [-0.15, -0.1) is 0 Å². The summed E-state index contributed by atoms with van der Waals surface area (Å²) in [5, 5.41) is 0. The Kier molecular flexibility index (Phi) is 12.6. The standard InChI is InChI=1S/C29H37O5P/c1-5-33-35(31,34-6-2)21-11-14-24(3)12-10-13-25(4)22-32-23-26-17-19-28(20-18-26)29(30)27-15-8-7-9-16-27/h7-9,11,13-21H,5-6,10,12,22-23H2,1-4H3. The Hall–Kier alpha value is -2.56. The Morgan fingerprint density at radius 2 is 1.51 bits per heavy atom. The summed E-state index contributed by atoms with van der Waals surface area (Å²) in [7, 11) is -3.15. The van der Waals surface area contributed by atoms with Crippen molar-refractivity contribution in [3.05, 3.63) is 106 Å². The Morgan fingerprint density at radius 1 is 0.886 bits per heavy atom. The third-order valence-corrected chi connectivity index (χ3v) is 6.92. The van der Waals surface area contributed by atoms with Gasteiger partial charge in [0.15, 0.2) is 5.78 Å². The number of ether oxygens (including phenoxy) is 1. The Bertz CT molecular complexity index is 1040. The van der Waals surface area contributed by atoms with E-state index in [9.17, 15) is 9.36 Å². The van der Waals surface area contributed by atoms with Crippen LogP contribution in [0.2, 0.25) is 0 Å². The van der Waals surface area contributed by atoms with Crippen LogP contribution in [0.3, 0.4) is 0 Å². The third kappa shape index (κ3) is 10.7. The summed E-state index contributed by atoms with van der Waals surface area (Å²) in [4.78, 5) is 12.5. The minimum absolute atomic E-state index is 0.0225. The smallest absolute Gasteiger partial charge is 0.354 e. The minimum Gasteiger partial charge on any atom is -0.372 e. The van der Waals surface area contributed by atoms with Crippen molar-refractivity contribution in [1.82, 2.24) is 0 Å². The van der Waals surface area contributed by atoms with Crippen molar-refractivity contribution in [2.75, 3.05) is 19.8 Å². The first-order chi connectivity index (χ1) is 16.9. The van der Waals surface area contributed by atoms with E-state index in [-0.39, 0.29) is 5.78 Å². The molecule has 0 heterocycles. The third-order valence-electron chi connectivity index (χ3n) is 5.15. The van der Waals surface area contributed by atoms with Gasteiger partial charge in [0.1, 0.15) is 0 Å². The van der Waals surface area contributed by atoms with Crippen LogP contribution in [0.25, 0.3) is 0 Å². The topological polar surface area (TPSA) is 61.8 Å². The summed E-state index contributed by atoms with van der Waals surface area (Å²) in [5.74, 6) is 1.54. The SMILES string of the molecule is CCOP(=O)(C=CC=C(C)CCC=C(C)COCc1ccc(C(=O)c2ccccc2)cc1)OCC. The fourth-order valence-corrected chi connectivity index (χ4v) is 4.59. The molecule has 0 fully saturated rings. The highest BCUT2D eigenvalue weighted by Gasteiger charge is 2.18. The quantitative estimate of drug-likeness (QED) is 0.109. The van der Waals surface area contributed by atoms with Crippen molar-refractivity contribution in [3.63, 3.8) is 0 Å². The van der Waals surface area contributed by atoms with Gasteiger partial charge >= 0.3 is 7.60 Å². The molecule has 5 nitrogen and oxygen atoms in total. The van der Waals surface area contributed by atoms with Crippen LogP contribution in [0, 0.1) is 0 Å². The zero-order chi connectivity index (χ0) is 25.5. The molecule has 0 atom stereocenters. The average Bonchev–Trinajstić information content (AvgIpc) is 2.85. The molecular weight excluding hydrogens is 459 g/mol. The van der Waals surface area contributed by atoms with Gasteiger partial charge in [0, 0.05) is 16.9 Å². The maximum Gasteiger partial charge on any atom is 0.354 e. The van der Waals surface area contributed by atoms with E-state index in [2.05, 4.69) is 13.0 Å². The van der Waals surface area contributed by atoms with Crippen LogP contribution in [0.1, 0.15) is 62.0 Å². The zero-order valence-corrected chi connectivity index (χ0v) is 22.1. The van der Waals surface area contributed by atoms with E-state index in [1.165, 1.54) is 17.0 Å². The first kappa shape index (κ1) is 28.7. The molecule has 0 aliphatic carbocycles. The van der Waals surface area contributed by atoms with E-state index < -0.39 is 7.60 Å². The number of allylic oxidation sites excluding steroid dienone is 4. The lowest BCUT2D eigenvalue weighted by molar-refractivity contribution is 0.103. The van der Waals surface area contributed by atoms with Gasteiger partial charge < -0.3 is 13.8 Å². The van der Waals surface area contributed by atoms with Gasteiger partial charge in [-0.2, -0.15) is 0 Å². The highest BCUT2D eigenvalue weighted by molar-refractivity contribution is 7.57. The number of rotatable bonds is 15. The predicted octanol–water partition coefficient (Wildman–Crippen LogP) is 7.89. The van der Waals surface area contributed by atoms with Crippen molar-refractivity contribution in [1.29, 1.82) is 0 Å². The monoisotopic (exact) mass is 496 g/mol. The molecule has 0 spiro atoms. The van der Waals surface area contributed by atoms with Crippen molar-refractivity contribution >= 4 is 13.4 Å². The molecule has 0 radical (unpaired) electrons. The maximum absolute atomic E-state index is 12.5. The molecule has 188 valence electrons. The fourth-order valence-electron chi connectivity index (χ4n) is 3.32. The molecule has 6 heteroatoms. The second-order valence-electron chi connectivity index (χ2n) is 8.20. The van der Waals surface area contributed by atoms with Crippen LogP contribution >= 0.6 is 7.60 Å². The molecule has 0 aromatic heterocycles. The Balaban J connectivity index is 1.74. The fraction of sp³-hybridized carbons (Fsp3) is 0.345. The number of hydrogen-bond donors (Lipinski definition) is 0. The molecule has 0 N–H and O–H groups in total. The second kappa shape index (κ2) is 15.4. The van der Waals surface area contributed by atoms with E-state index in [1.807, 2.05) is 67.6 Å². The van der Waals surface area contributed by atoms with Gasteiger partial charge in [-0.1, -0.05) is 84.0 Å². The van der Waals surface area contributed by atoms with E-state index in [4.69, 9.17) is 13.8 Å². The first-order valence-electron chi connectivity index (χ1n) is 12.0. The molecule has 0 saturated heterocycles. The van der Waals surface area contributed by atoms with Gasteiger partial charge in [0.25, 0.3) is 0 Å². The molecule has 0 aliphatic rings. The Labute approximate surface area is 210 Å². The van der Waals surface area contributed by atoms with E-state index >= 15 is 0 Å². The van der Waals surface area contributed by atoms with Gasteiger partial charge in [0.05, 0.1) is 26.4 Å². The number of carbonyl (C=O) groups is 1. The molecule has 0 saturated carbocycles. The lowest BCUT2D eigenvalue weighted by atomic mass is 10.0. The average molecular weight is 497 g/mol.